The maximum Gasteiger partial charge on any atom is 6.00 e. The van der Waals surface area contributed by atoms with Gasteiger partial charge in [0.15, 0.2) is 0 Å². The van der Waals surface area contributed by atoms with Gasteiger partial charge < -0.3 is 52.5 Å². The minimum atomic E-state index is -0.783. The van der Waals surface area contributed by atoms with Crippen molar-refractivity contribution in [2.75, 3.05) is 24.6 Å². The largest absolute Gasteiger partial charge is 6.00 e. The summed E-state index contributed by atoms with van der Waals surface area (Å²) in [5, 5.41) is 12.1. The van der Waals surface area contributed by atoms with Crippen LogP contribution in [0.2, 0.25) is 0 Å². The number of hydrogen-bond donors (Lipinski definition) is 0. The Morgan fingerprint density at radius 3 is 0.500 bits per heavy atom. The van der Waals surface area contributed by atoms with Crippen LogP contribution in [0.3, 0.4) is 0 Å². The van der Waals surface area contributed by atoms with E-state index in [1.54, 1.807) is 11.8 Å². The second kappa shape index (κ2) is 37.0. The molecular weight excluding hydrogens is 1240 g/mol. The molecule has 0 heterocycles. The molecule has 0 unspecified atom stereocenters. The van der Waals surface area contributed by atoms with Crippen LogP contribution in [0.5, 0.6) is 0 Å². The maximum absolute atomic E-state index is 5.90. The van der Waals surface area contributed by atoms with Crippen molar-refractivity contribution in [3.05, 3.63) is 311 Å². The van der Waals surface area contributed by atoms with E-state index in [0.29, 0.717) is 0 Å². The Balaban J connectivity index is 0.000000249. The van der Waals surface area contributed by atoms with Gasteiger partial charge in [-0.25, -0.2) is 34.6 Å². The molecule has 0 aromatic heterocycles. The van der Waals surface area contributed by atoms with Crippen LogP contribution >= 0.6 is 31.7 Å². The average Bonchev–Trinajstić information content (AvgIpc) is 3.95. The molecule has 10 rings (SSSR count). The van der Waals surface area contributed by atoms with Gasteiger partial charge in [-0.3, -0.25) is 0 Å². The van der Waals surface area contributed by atoms with Crippen molar-refractivity contribution in [3.63, 3.8) is 0 Å². The van der Waals surface area contributed by atoms with E-state index in [4.69, 9.17) is 12.8 Å². The van der Waals surface area contributed by atoms with Gasteiger partial charge in [-0.1, -0.05) is 180 Å². The third-order valence-corrected chi connectivity index (χ3v) is 28.2. The zero-order valence-electron chi connectivity index (χ0n) is 49.6. The molecule has 0 nitrogen and oxygen atoms in total. The Labute approximate surface area is 525 Å². The zero-order chi connectivity index (χ0) is 57.2. The van der Waals surface area contributed by atoms with Crippen molar-refractivity contribution >= 4 is 74.1 Å². The second-order valence-electron chi connectivity index (χ2n) is 20.3. The smallest absolute Gasteiger partial charge is 0.731 e. The number of rotatable bonds is 14. The minimum absolute atomic E-state index is 0. The Morgan fingerprint density at radius 2 is 0.402 bits per heavy atom. The van der Waals surface area contributed by atoms with E-state index in [1.165, 1.54) is 123 Å². The topological polar surface area (TPSA) is 0 Å². The SMILES string of the molecule is C[c-]1[c-](C)[c-](C)[c-](C)[c-]1C.Cc1c(C)c(C)[c-](C)c1C.[C-]#CC#[C-].[Ru+6].[Ru+6].c1ccc([PH+](CC[PH+](c2ccccc2)c2ccccc2)c2ccccc2)cc1.c1ccc([PH+](CC[PH+](c2ccccc2)c2ccccc2)c2ccccc2)cc1. The Hall–Kier alpha value is -5.45. The summed E-state index contributed by atoms with van der Waals surface area (Å²) in [4.78, 5) is 0. The fourth-order valence-electron chi connectivity index (χ4n) is 10.2. The molecule has 0 saturated heterocycles. The summed E-state index contributed by atoms with van der Waals surface area (Å²) in [5.74, 6) is 3.19. The van der Waals surface area contributed by atoms with Crippen LogP contribution in [0, 0.1) is 93.9 Å². The van der Waals surface area contributed by atoms with Crippen LogP contribution < -0.4 is 42.4 Å². The molecule has 0 radical (unpaired) electrons. The van der Waals surface area contributed by atoms with Gasteiger partial charge in [-0.15, -0.1) is 0 Å². The summed E-state index contributed by atoms with van der Waals surface area (Å²) >= 11 is 0. The van der Waals surface area contributed by atoms with E-state index < -0.39 is 31.7 Å². The molecule has 10 aromatic carbocycles. The van der Waals surface area contributed by atoms with Crippen molar-refractivity contribution < 1.29 is 39.0 Å². The standard InChI is InChI=1S/2C26H24P2.2C10H15.C4.2Ru/c2*1-5-13-23(14-6-1)27(24-15-7-2-8-16-24)21-22-28(25-17-9-3-10-18-25)26-19-11-4-12-20-26;2*1-6-7(2)9(4)10(5)8(6)3;1-3-4-2;;/h2*1-20H,21-22H2;2*1-5H3;;;/q;;-5;-1;-2;2*+6/p+4. The molecule has 10 aromatic rings. The Kier molecular flexibility index (Phi) is 31.1. The van der Waals surface area contributed by atoms with E-state index in [9.17, 15) is 0 Å². The maximum atomic E-state index is 5.90. The molecule has 0 saturated carbocycles. The third kappa shape index (κ3) is 20.1. The van der Waals surface area contributed by atoms with Crippen LogP contribution in [0.15, 0.2) is 243 Å². The summed E-state index contributed by atoms with van der Waals surface area (Å²) < 4.78 is 0. The van der Waals surface area contributed by atoms with Crippen LogP contribution in [0.4, 0.5) is 0 Å². The van der Waals surface area contributed by atoms with Crippen molar-refractivity contribution in [1.82, 2.24) is 0 Å². The average molecular weight is 1320 g/mol. The van der Waals surface area contributed by atoms with Gasteiger partial charge in [0, 0.05) is 0 Å². The molecule has 0 N–H and O–H groups in total. The normalized spacial score (nSPS) is 10.2. The van der Waals surface area contributed by atoms with Crippen LogP contribution in [-0.2, 0) is 39.0 Å². The fourth-order valence-corrected chi connectivity index (χ4v) is 22.6. The Bertz CT molecular complexity index is 2720. The van der Waals surface area contributed by atoms with Crippen LogP contribution in [-0.4, -0.2) is 24.6 Å². The Morgan fingerprint density at radius 1 is 0.268 bits per heavy atom. The van der Waals surface area contributed by atoms with Crippen molar-refractivity contribution in [3.8, 4) is 11.8 Å². The predicted octanol–water partition coefficient (Wildman–Crippen LogP) is 15.5. The first-order valence-electron chi connectivity index (χ1n) is 27.9. The molecule has 82 heavy (non-hydrogen) atoms. The van der Waals surface area contributed by atoms with E-state index in [1.807, 2.05) is 0 Å². The number of benzene rings is 8. The molecule has 0 bridgehead atoms. The summed E-state index contributed by atoms with van der Waals surface area (Å²) in [6, 6.07) is 89.0. The number of hydrogen-bond acceptors (Lipinski definition) is 0. The molecule has 0 aliphatic carbocycles. The van der Waals surface area contributed by atoms with Gasteiger partial charge in [-0.05, 0) is 97.1 Å². The van der Waals surface area contributed by atoms with Crippen molar-refractivity contribution in [2.24, 2.45) is 0 Å². The summed E-state index contributed by atoms with van der Waals surface area (Å²) in [7, 11) is -3.13. The summed E-state index contributed by atoms with van der Waals surface area (Å²) in [6.07, 6.45) is 16.8. The van der Waals surface area contributed by atoms with Gasteiger partial charge in [0.2, 0.25) is 0 Å². The van der Waals surface area contributed by atoms with Crippen molar-refractivity contribution in [1.29, 1.82) is 0 Å². The van der Waals surface area contributed by atoms with Gasteiger partial charge >= 0.3 is 39.0 Å². The zero-order valence-corrected chi connectivity index (χ0v) is 57.1. The molecule has 414 valence electrons. The molecule has 0 spiro atoms. The van der Waals surface area contributed by atoms with Crippen LogP contribution in [0.1, 0.15) is 55.6 Å². The van der Waals surface area contributed by atoms with Gasteiger partial charge in [-0.2, -0.15) is 27.8 Å². The second-order valence-corrected chi connectivity index (χ2v) is 30.8. The monoisotopic (exact) mass is 1320 g/mol. The minimum Gasteiger partial charge on any atom is -0.731 e. The van der Waals surface area contributed by atoms with E-state index in [0.717, 1.165) is 0 Å². The van der Waals surface area contributed by atoms with Gasteiger partial charge in [0.1, 0.15) is 24.6 Å². The van der Waals surface area contributed by atoms with Gasteiger partial charge in [0.05, 0.1) is 74.1 Å². The molecule has 0 amide bonds. The molecule has 0 atom stereocenters. The molecular formula is C76H82P4Ru2+8. The molecule has 0 fully saturated rings. The first kappa shape index (κ1) is 69.0. The quantitative estimate of drug-likeness (QED) is 0.0441. The molecule has 0 aliphatic heterocycles. The first-order chi connectivity index (χ1) is 38.9. The fraction of sp³-hybridized carbons (Fsp3) is 0.184. The summed E-state index contributed by atoms with van der Waals surface area (Å²) in [5.41, 5.74) is 14.7. The van der Waals surface area contributed by atoms with Crippen molar-refractivity contribution in [2.45, 2.75) is 69.2 Å². The van der Waals surface area contributed by atoms with E-state index in [-0.39, 0.29) is 39.0 Å². The molecule has 6 heteroatoms. The van der Waals surface area contributed by atoms with E-state index in [2.05, 4.69) is 312 Å². The van der Waals surface area contributed by atoms with E-state index >= 15 is 0 Å². The first-order valence-corrected chi connectivity index (χ1v) is 34.8. The van der Waals surface area contributed by atoms with Gasteiger partial charge in [0.25, 0.3) is 0 Å². The summed E-state index contributed by atoms with van der Waals surface area (Å²) in [6.45, 7) is 22.0. The predicted molar refractivity (Wildman–Crippen MR) is 367 cm³/mol. The third-order valence-electron chi connectivity index (χ3n) is 15.9. The molecule has 0 aliphatic rings. The van der Waals surface area contributed by atoms with Crippen LogP contribution in [0.25, 0.3) is 0 Å².